The standard InChI is InChI=1S/C13H19ClN4O.HI/c14-11-3-1-10(2-4-11)12(9-17-13(15)16)18-5-7-19-8-6-18;/h1-4,12H,5-9H2,(H4,15,16,17);1H. The van der Waals surface area contributed by atoms with Crippen LogP contribution in [0.1, 0.15) is 11.6 Å². The van der Waals surface area contributed by atoms with Gasteiger partial charge in [0.25, 0.3) is 0 Å². The molecule has 1 aromatic carbocycles. The van der Waals surface area contributed by atoms with E-state index in [2.05, 4.69) is 9.89 Å². The molecule has 1 aromatic rings. The first kappa shape index (κ1) is 17.5. The van der Waals surface area contributed by atoms with Crippen molar-refractivity contribution in [1.29, 1.82) is 0 Å². The maximum atomic E-state index is 5.93. The van der Waals surface area contributed by atoms with Gasteiger partial charge in [-0.1, -0.05) is 23.7 Å². The van der Waals surface area contributed by atoms with Crippen molar-refractivity contribution < 1.29 is 4.74 Å². The Bertz CT molecular complexity index is 431. The number of ether oxygens (including phenoxy) is 1. The summed E-state index contributed by atoms with van der Waals surface area (Å²) in [4.78, 5) is 6.49. The zero-order valence-electron chi connectivity index (χ0n) is 11.2. The van der Waals surface area contributed by atoms with Gasteiger partial charge in [-0.25, -0.2) is 0 Å². The summed E-state index contributed by atoms with van der Waals surface area (Å²) in [5.74, 6) is 0.118. The van der Waals surface area contributed by atoms with Gasteiger partial charge in [0.1, 0.15) is 0 Å². The van der Waals surface area contributed by atoms with Gasteiger partial charge in [0, 0.05) is 18.1 Å². The third-order valence-electron chi connectivity index (χ3n) is 3.19. The molecule has 7 heteroatoms. The number of hydrogen-bond donors (Lipinski definition) is 2. The predicted octanol–water partition coefficient (Wildman–Crippen LogP) is 1.60. The quantitative estimate of drug-likeness (QED) is 0.449. The van der Waals surface area contributed by atoms with Crippen LogP contribution in [-0.2, 0) is 4.74 Å². The number of benzene rings is 1. The maximum Gasteiger partial charge on any atom is 0.185 e. The summed E-state index contributed by atoms with van der Waals surface area (Å²) >= 11 is 5.93. The number of aliphatic imine (C=N–C) groups is 1. The molecule has 0 aromatic heterocycles. The van der Waals surface area contributed by atoms with Crippen molar-refractivity contribution in [1.82, 2.24) is 4.90 Å². The molecule has 1 heterocycles. The maximum absolute atomic E-state index is 5.93. The Morgan fingerprint density at radius 3 is 2.40 bits per heavy atom. The topological polar surface area (TPSA) is 76.9 Å². The van der Waals surface area contributed by atoms with Crippen LogP contribution in [-0.4, -0.2) is 43.7 Å². The molecular weight excluding hydrogens is 391 g/mol. The van der Waals surface area contributed by atoms with E-state index in [4.69, 9.17) is 27.8 Å². The fourth-order valence-electron chi connectivity index (χ4n) is 2.20. The Hall–Kier alpha value is -0.570. The molecule has 5 nitrogen and oxygen atoms in total. The summed E-state index contributed by atoms with van der Waals surface area (Å²) in [6, 6.07) is 7.97. The normalized spacial score (nSPS) is 17.1. The Labute approximate surface area is 141 Å². The Balaban J connectivity index is 0.00000200. The number of nitrogens with two attached hydrogens (primary N) is 2. The van der Waals surface area contributed by atoms with Crippen LogP contribution in [0.15, 0.2) is 29.3 Å². The molecule has 1 atom stereocenters. The second kappa shape index (κ2) is 8.66. The highest BCUT2D eigenvalue weighted by molar-refractivity contribution is 14.0. The number of rotatable bonds is 4. The summed E-state index contributed by atoms with van der Waals surface area (Å²) in [5.41, 5.74) is 12.0. The van der Waals surface area contributed by atoms with Crippen molar-refractivity contribution in [2.45, 2.75) is 6.04 Å². The van der Waals surface area contributed by atoms with Gasteiger partial charge in [0.15, 0.2) is 5.96 Å². The van der Waals surface area contributed by atoms with Gasteiger partial charge in [-0.3, -0.25) is 9.89 Å². The first-order valence-electron chi connectivity index (χ1n) is 6.29. The minimum atomic E-state index is 0. The fraction of sp³-hybridized carbons (Fsp3) is 0.462. The molecule has 112 valence electrons. The van der Waals surface area contributed by atoms with Gasteiger partial charge in [0.2, 0.25) is 0 Å². The van der Waals surface area contributed by atoms with Gasteiger partial charge in [-0.2, -0.15) is 0 Å². The number of nitrogens with zero attached hydrogens (tertiary/aromatic N) is 2. The van der Waals surface area contributed by atoms with Gasteiger partial charge in [-0.15, -0.1) is 24.0 Å². The van der Waals surface area contributed by atoms with E-state index < -0.39 is 0 Å². The first-order valence-corrected chi connectivity index (χ1v) is 6.67. The fourth-order valence-corrected chi connectivity index (χ4v) is 2.32. The van der Waals surface area contributed by atoms with E-state index in [0.29, 0.717) is 6.54 Å². The molecule has 1 aliphatic heterocycles. The van der Waals surface area contributed by atoms with Gasteiger partial charge >= 0.3 is 0 Å². The lowest BCUT2D eigenvalue weighted by molar-refractivity contribution is 0.0180. The largest absolute Gasteiger partial charge is 0.379 e. The third kappa shape index (κ3) is 5.08. The molecule has 1 fully saturated rings. The van der Waals surface area contributed by atoms with E-state index in [9.17, 15) is 0 Å². The Morgan fingerprint density at radius 1 is 1.25 bits per heavy atom. The third-order valence-corrected chi connectivity index (χ3v) is 3.44. The lowest BCUT2D eigenvalue weighted by Gasteiger charge is -2.34. The SMILES string of the molecule is I.NC(N)=NCC(c1ccc(Cl)cc1)N1CCOCC1. The van der Waals surface area contributed by atoms with Crippen molar-refractivity contribution in [3.63, 3.8) is 0 Å². The number of guanidine groups is 1. The van der Waals surface area contributed by atoms with E-state index in [1.807, 2.05) is 24.3 Å². The molecule has 1 saturated heterocycles. The van der Waals surface area contributed by atoms with Crippen molar-refractivity contribution in [2.24, 2.45) is 16.5 Å². The van der Waals surface area contributed by atoms with Crippen molar-refractivity contribution in [2.75, 3.05) is 32.8 Å². The van der Waals surface area contributed by atoms with E-state index in [1.165, 1.54) is 0 Å². The lowest BCUT2D eigenvalue weighted by atomic mass is 10.0. The highest BCUT2D eigenvalue weighted by Crippen LogP contribution is 2.23. The average molecular weight is 411 g/mol. The Kier molecular flexibility index (Phi) is 7.57. The molecule has 0 spiro atoms. The van der Waals surface area contributed by atoms with Gasteiger partial charge < -0.3 is 16.2 Å². The van der Waals surface area contributed by atoms with Crippen LogP contribution in [0.5, 0.6) is 0 Å². The van der Waals surface area contributed by atoms with Gasteiger partial charge in [-0.05, 0) is 17.7 Å². The van der Waals surface area contributed by atoms with Crippen LogP contribution >= 0.6 is 35.6 Å². The van der Waals surface area contributed by atoms with Crippen molar-refractivity contribution in [3.05, 3.63) is 34.9 Å². The van der Waals surface area contributed by atoms with E-state index in [1.54, 1.807) is 0 Å². The minimum absolute atomic E-state index is 0. The molecule has 0 radical (unpaired) electrons. The molecular formula is C13H20ClIN4O. The van der Waals surface area contributed by atoms with Gasteiger partial charge in [0.05, 0.1) is 25.8 Å². The summed E-state index contributed by atoms with van der Waals surface area (Å²) in [5, 5.41) is 0.728. The smallest absolute Gasteiger partial charge is 0.185 e. The van der Waals surface area contributed by atoms with E-state index in [0.717, 1.165) is 36.9 Å². The van der Waals surface area contributed by atoms with Crippen molar-refractivity contribution in [3.8, 4) is 0 Å². The molecule has 0 bridgehead atoms. The molecule has 1 aliphatic rings. The average Bonchev–Trinajstić information content (AvgIpc) is 2.42. The molecule has 1 unspecified atom stereocenters. The molecule has 4 N–H and O–H groups in total. The lowest BCUT2D eigenvalue weighted by Crippen LogP contribution is -2.40. The number of hydrogen-bond acceptors (Lipinski definition) is 3. The zero-order chi connectivity index (χ0) is 13.7. The monoisotopic (exact) mass is 410 g/mol. The molecule has 0 amide bonds. The second-order valence-electron chi connectivity index (χ2n) is 4.48. The summed E-state index contributed by atoms with van der Waals surface area (Å²) < 4.78 is 5.38. The second-order valence-corrected chi connectivity index (χ2v) is 4.92. The minimum Gasteiger partial charge on any atom is -0.379 e. The van der Waals surface area contributed by atoms with E-state index in [-0.39, 0.29) is 36.0 Å². The first-order chi connectivity index (χ1) is 9.16. The zero-order valence-corrected chi connectivity index (χ0v) is 14.3. The predicted molar refractivity (Wildman–Crippen MR) is 92.7 cm³/mol. The van der Waals surface area contributed by atoms with Crippen LogP contribution < -0.4 is 11.5 Å². The molecule has 0 aliphatic carbocycles. The highest BCUT2D eigenvalue weighted by Gasteiger charge is 2.22. The number of morpholine rings is 1. The summed E-state index contributed by atoms with van der Waals surface area (Å²) in [7, 11) is 0. The van der Waals surface area contributed by atoms with E-state index >= 15 is 0 Å². The molecule has 0 saturated carbocycles. The summed E-state index contributed by atoms with van der Waals surface area (Å²) in [6.45, 7) is 3.79. The number of halogens is 2. The van der Waals surface area contributed by atoms with Crippen LogP contribution in [0.25, 0.3) is 0 Å². The van der Waals surface area contributed by atoms with Crippen LogP contribution in [0.4, 0.5) is 0 Å². The Morgan fingerprint density at radius 2 is 1.85 bits per heavy atom. The van der Waals surface area contributed by atoms with Crippen LogP contribution in [0.2, 0.25) is 5.02 Å². The highest BCUT2D eigenvalue weighted by atomic mass is 127. The summed E-state index contributed by atoms with van der Waals surface area (Å²) in [6.07, 6.45) is 0. The van der Waals surface area contributed by atoms with Crippen LogP contribution in [0, 0.1) is 0 Å². The molecule has 20 heavy (non-hydrogen) atoms. The van der Waals surface area contributed by atoms with Crippen LogP contribution in [0.3, 0.4) is 0 Å². The van der Waals surface area contributed by atoms with Crippen molar-refractivity contribution >= 4 is 41.5 Å². The molecule has 2 rings (SSSR count).